The average Bonchev–Trinajstić information content (AvgIpc) is 2.86. The number of benzene rings is 2. The fraction of sp³-hybridized carbons (Fsp3) is 0.200. The molecule has 2 aromatic carbocycles. The van der Waals surface area contributed by atoms with Crippen molar-refractivity contribution >= 4 is 11.8 Å². The number of thioether (sulfide) groups is 1. The van der Waals surface area contributed by atoms with Crippen molar-refractivity contribution in [1.29, 1.82) is 0 Å². The van der Waals surface area contributed by atoms with E-state index in [4.69, 9.17) is 9.47 Å². The van der Waals surface area contributed by atoms with E-state index < -0.39 is 0 Å². The molecule has 9 heteroatoms. The maximum atomic E-state index is 13.0. The molecule has 2 aromatic heterocycles. The van der Waals surface area contributed by atoms with Crippen LogP contribution in [0.5, 0.6) is 17.5 Å². The summed E-state index contributed by atoms with van der Waals surface area (Å²) in [7, 11) is 1.51. The van der Waals surface area contributed by atoms with Crippen LogP contribution in [0, 0.1) is 5.82 Å². The van der Waals surface area contributed by atoms with Crippen molar-refractivity contribution in [2.75, 3.05) is 7.11 Å². The van der Waals surface area contributed by atoms with E-state index in [1.165, 1.54) is 31.0 Å². The highest BCUT2D eigenvalue weighted by molar-refractivity contribution is 7.98. The van der Waals surface area contributed by atoms with E-state index in [-0.39, 0.29) is 17.4 Å². The van der Waals surface area contributed by atoms with E-state index in [0.717, 1.165) is 11.1 Å². The van der Waals surface area contributed by atoms with Crippen LogP contribution < -0.4 is 15.0 Å². The third kappa shape index (κ3) is 5.99. The van der Waals surface area contributed by atoms with E-state index in [9.17, 15) is 9.18 Å². The van der Waals surface area contributed by atoms with Crippen LogP contribution in [0.1, 0.15) is 23.6 Å². The molecule has 4 rings (SSSR count). The van der Waals surface area contributed by atoms with Gasteiger partial charge in [0.1, 0.15) is 17.3 Å². The number of methoxy groups -OCH3 is 1. The molecule has 0 aliphatic heterocycles. The number of hydrogen-bond acceptors (Lipinski definition) is 7. The van der Waals surface area contributed by atoms with Crippen LogP contribution in [0.3, 0.4) is 0 Å². The van der Waals surface area contributed by atoms with Crippen molar-refractivity contribution in [2.24, 2.45) is 0 Å². The Hall–Kier alpha value is -3.72. The minimum Gasteiger partial charge on any atom is -0.467 e. The Kier molecular flexibility index (Phi) is 7.54. The summed E-state index contributed by atoms with van der Waals surface area (Å²) in [5.41, 5.74) is 2.20. The zero-order valence-corrected chi connectivity index (χ0v) is 19.6. The van der Waals surface area contributed by atoms with Gasteiger partial charge in [-0.2, -0.15) is 4.98 Å². The molecular formula is C25H23FN4O3S. The van der Waals surface area contributed by atoms with Gasteiger partial charge in [0.05, 0.1) is 7.11 Å². The molecule has 0 fully saturated rings. The highest BCUT2D eigenvalue weighted by atomic mass is 32.2. The summed E-state index contributed by atoms with van der Waals surface area (Å²) in [6.07, 6.45) is 5.54. The molecule has 0 unspecified atom stereocenters. The molecule has 0 saturated carbocycles. The highest BCUT2D eigenvalue weighted by Gasteiger charge is 2.11. The summed E-state index contributed by atoms with van der Waals surface area (Å²) in [5.74, 6) is 1.58. The van der Waals surface area contributed by atoms with Crippen molar-refractivity contribution in [3.05, 3.63) is 100.0 Å². The van der Waals surface area contributed by atoms with E-state index >= 15 is 0 Å². The summed E-state index contributed by atoms with van der Waals surface area (Å²) in [4.78, 5) is 25.1. The van der Waals surface area contributed by atoms with Crippen molar-refractivity contribution < 1.29 is 13.9 Å². The third-order valence-corrected chi connectivity index (χ3v) is 6.03. The van der Waals surface area contributed by atoms with Gasteiger partial charge in [0.25, 0.3) is 5.56 Å². The Labute approximate surface area is 200 Å². The van der Waals surface area contributed by atoms with Crippen molar-refractivity contribution in [3.63, 3.8) is 0 Å². The molecule has 2 heterocycles. The smallest absolute Gasteiger partial charge is 0.316 e. The van der Waals surface area contributed by atoms with E-state index in [0.29, 0.717) is 40.9 Å². The van der Waals surface area contributed by atoms with Gasteiger partial charge in [0.15, 0.2) is 5.16 Å². The first-order valence-electron chi connectivity index (χ1n) is 10.6. The Bertz CT molecular complexity index is 1290. The second-order valence-corrected chi connectivity index (χ2v) is 8.33. The van der Waals surface area contributed by atoms with Gasteiger partial charge in [-0.25, -0.2) is 14.4 Å². The molecule has 0 radical (unpaired) electrons. The van der Waals surface area contributed by atoms with Crippen LogP contribution in [0.15, 0.2) is 77.1 Å². The van der Waals surface area contributed by atoms with Crippen LogP contribution in [0.2, 0.25) is 0 Å². The van der Waals surface area contributed by atoms with E-state index in [1.807, 2.05) is 42.0 Å². The Morgan fingerprint density at radius 2 is 1.62 bits per heavy atom. The standard InChI is InChI=1S/C25H23FN4O3S/c1-3-30-15-19(12-18-13-27-24(32-2)28-14-18)23(31)29-25(30)34-16-17-4-8-21(9-5-17)33-22-10-6-20(26)7-11-22/h4-11,13-15H,3,12,16H2,1-2H3. The van der Waals surface area contributed by atoms with Crippen LogP contribution >= 0.6 is 11.8 Å². The first-order chi connectivity index (χ1) is 16.5. The Balaban J connectivity index is 1.41. The van der Waals surface area contributed by atoms with Crippen molar-refractivity contribution in [2.45, 2.75) is 30.8 Å². The fourth-order valence-corrected chi connectivity index (χ4v) is 4.17. The molecule has 0 aliphatic carbocycles. The van der Waals surface area contributed by atoms with Gasteiger partial charge in [-0.1, -0.05) is 23.9 Å². The lowest BCUT2D eigenvalue weighted by Crippen LogP contribution is -2.19. The third-order valence-electron chi connectivity index (χ3n) is 4.97. The lowest BCUT2D eigenvalue weighted by molar-refractivity contribution is 0.379. The van der Waals surface area contributed by atoms with E-state index in [1.54, 1.807) is 24.5 Å². The molecule has 0 spiro atoms. The summed E-state index contributed by atoms with van der Waals surface area (Å²) >= 11 is 1.50. The minimum atomic E-state index is -0.304. The SMILES string of the molecule is CCn1cc(Cc2cnc(OC)nc2)c(=O)nc1SCc1ccc(Oc2ccc(F)cc2)cc1. The molecule has 174 valence electrons. The minimum absolute atomic E-state index is 0.258. The number of aryl methyl sites for hydroxylation is 1. The summed E-state index contributed by atoms with van der Waals surface area (Å²) in [5, 5.41) is 0.661. The zero-order chi connectivity index (χ0) is 23.9. The second kappa shape index (κ2) is 10.9. The fourth-order valence-electron chi connectivity index (χ4n) is 3.18. The molecule has 0 aliphatic rings. The predicted octanol–water partition coefficient (Wildman–Crippen LogP) is 4.88. The van der Waals surface area contributed by atoms with Gasteiger partial charge >= 0.3 is 6.01 Å². The predicted molar refractivity (Wildman–Crippen MR) is 128 cm³/mol. The summed E-state index contributed by atoms with van der Waals surface area (Å²) < 4.78 is 25.7. The Morgan fingerprint density at radius 1 is 0.971 bits per heavy atom. The molecule has 4 aromatic rings. The topological polar surface area (TPSA) is 79.1 Å². The number of aromatic nitrogens is 4. The average molecular weight is 479 g/mol. The maximum absolute atomic E-state index is 13.0. The van der Waals surface area contributed by atoms with Crippen molar-refractivity contribution in [1.82, 2.24) is 19.5 Å². The second-order valence-electron chi connectivity index (χ2n) is 7.38. The van der Waals surface area contributed by atoms with Gasteiger partial charge < -0.3 is 14.0 Å². The number of hydrogen-bond donors (Lipinski definition) is 0. The normalized spacial score (nSPS) is 10.8. The van der Waals surface area contributed by atoms with Gasteiger partial charge in [-0.15, -0.1) is 0 Å². The lowest BCUT2D eigenvalue weighted by Gasteiger charge is -2.12. The van der Waals surface area contributed by atoms with Crippen LogP contribution in [-0.4, -0.2) is 26.6 Å². The zero-order valence-electron chi connectivity index (χ0n) is 18.8. The van der Waals surface area contributed by atoms with Crippen LogP contribution in [-0.2, 0) is 18.7 Å². The molecule has 7 nitrogen and oxygen atoms in total. The van der Waals surface area contributed by atoms with Gasteiger partial charge in [0.2, 0.25) is 0 Å². The highest BCUT2D eigenvalue weighted by Crippen LogP contribution is 2.25. The molecule has 34 heavy (non-hydrogen) atoms. The number of ether oxygens (including phenoxy) is 2. The molecule has 0 atom stereocenters. The first-order valence-corrected chi connectivity index (χ1v) is 11.6. The lowest BCUT2D eigenvalue weighted by atomic mass is 10.1. The molecule has 0 N–H and O–H groups in total. The summed E-state index contributed by atoms with van der Waals surface area (Å²) in [6.45, 7) is 2.70. The first kappa shape index (κ1) is 23.4. The van der Waals surface area contributed by atoms with E-state index in [2.05, 4.69) is 15.0 Å². The van der Waals surface area contributed by atoms with Gasteiger partial charge in [0, 0.05) is 42.9 Å². The molecular weight excluding hydrogens is 455 g/mol. The largest absolute Gasteiger partial charge is 0.467 e. The molecule has 0 amide bonds. The monoisotopic (exact) mass is 478 g/mol. The summed E-state index contributed by atoms with van der Waals surface area (Å²) in [6, 6.07) is 13.8. The van der Waals surface area contributed by atoms with Gasteiger partial charge in [-0.3, -0.25) is 4.79 Å². The molecule has 0 saturated heterocycles. The quantitative estimate of drug-likeness (QED) is 0.251. The number of nitrogens with zero attached hydrogens (tertiary/aromatic N) is 4. The number of halogens is 1. The van der Waals surface area contributed by atoms with Crippen LogP contribution in [0.25, 0.3) is 0 Å². The molecule has 0 bridgehead atoms. The van der Waals surface area contributed by atoms with Crippen LogP contribution in [0.4, 0.5) is 4.39 Å². The maximum Gasteiger partial charge on any atom is 0.316 e. The van der Waals surface area contributed by atoms with Crippen molar-refractivity contribution in [3.8, 4) is 17.5 Å². The van der Waals surface area contributed by atoms with Gasteiger partial charge in [-0.05, 0) is 54.4 Å². The Morgan fingerprint density at radius 3 is 2.24 bits per heavy atom. The number of rotatable bonds is 9.